The number of nitrogens with zero attached hydrogens (tertiary/aromatic N) is 1. The number of nitrogens with one attached hydrogen (secondary N) is 1. The number of aromatic amines is 1. The maximum absolute atomic E-state index is 5.32. The smallest absolute Gasteiger partial charge is 0.194 e. The topological polar surface area (TPSA) is 47.1 Å². The lowest BCUT2D eigenvalue weighted by molar-refractivity contribution is 0.365. The van der Waals surface area contributed by atoms with E-state index in [0.717, 1.165) is 10.9 Å². The molecule has 0 amide bonds. The van der Waals surface area contributed by atoms with Crippen molar-refractivity contribution in [3.63, 3.8) is 0 Å². The van der Waals surface area contributed by atoms with Crippen molar-refractivity contribution < 1.29 is 9.47 Å². The van der Waals surface area contributed by atoms with Crippen LogP contribution in [0.25, 0.3) is 10.9 Å². The maximum Gasteiger partial charge on any atom is 0.194 e. The largest absolute Gasteiger partial charge is 0.458 e. The molecule has 0 fully saturated rings. The number of rotatable bonds is 0. The van der Waals surface area contributed by atoms with Crippen LogP contribution in [0.3, 0.4) is 0 Å². The molecule has 0 atom stereocenters. The highest BCUT2D eigenvalue weighted by atomic mass is 16.5. The van der Waals surface area contributed by atoms with E-state index in [1.807, 2.05) is 12.1 Å². The molecule has 4 heteroatoms. The summed E-state index contributed by atoms with van der Waals surface area (Å²) in [5.41, 5.74) is 0.863. The van der Waals surface area contributed by atoms with Gasteiger partial charge in [0.1, 0.15) is 18.0 Å². The number of aromatic nitrogens is 2. The van der Waals surface area contributed by atoms with Gasteiger partial charge in [0, 0.05) is 5.39 Å². The summed E-state index contributed by atoms with van der Waals surface area (Å²) in [6.07, 6.45) is 4.75. The van der Waals surface area contributed by atoms with Crippen molar-refractivity contribution in [2.75, 3.05) is 0 Å². The molecule has 3 rings (SSSR count). The van der Waals surface area contributed by atoms with E-state index < -0.39 is 0 Å². The minimum absolute atomic E-state index is 0.692. The summed E-state index contributed by atoms with van der Waals surface area (Å²) in [5.74, 6) is 1.40. The molecule has 64 valence electrons. The van der Waals surface area contributed by atoms with Gasteiger partial charge in [-0.1, -0.05) is 0 Å². The summed E-state index contributed by atoms with van der Waals surface area (Å²) in [5, 5.41) is 7.80. The van der Waals surface area contributed by atoms with Crippen molar-refractivity contribution in [1.82, 2.24) is 10.2 Å². The van der Waals surface area contributed by atoms with E-state index in [2.05, 4.69) is 10.2 Å². The second kappa shape index (κ2) is 2.26. The lowest BCUT2D eigenvalue weighted by Crippen LogP contribution is -1.96. The van der Waals surface area contributed by atoms with Crippen LogP contribution in [0.4, 0.5) is 0 Å². The average molecular weight is 174 g/mol. The average Bonchev–Trinajstić information content (AvgIpc) is 2.65. The first kappa shape index (κ1) is 6.54. The standard InChI is InChI=1S/C9H6N2O2/c1-2-7-9(13-4-3-12-7)8-6(1)5-10-11-8/h1-5H,(H,10,11). The molecule has 0 spiro atoms. The quantitative estimate of drug-likeness (QED) is 0.662. The van der Waals surface area contributed by atoms with Crippen LogP contribution in [0.2, 0.25) is 0 Å². The third-order valence-corrected chi connectivity index (χ3v) is 1.97. The normalized spacial score (nSPS) is 13.5. The Morgan fingerprint density at radius 1 is 1.15 bits per heavy atom. The molecule has 1 N–H and O–H groups in total. The molecule has 0 unspecified atom stereocenters. The third kappa shape index (κ3) is 0.823. The fourth-order valence-electron chi connectivity index (χ4n) is 1.37. The van der Waals surface area contributed by atoms with Crippen LogP contribution in [0.15, 0.2) is 30.9 Å². The van der Waals surface area contributed by atoms with E-state index in [9.17, 15) is 0 Å². The predicted octanol–water partition coefficient (Wildman–Crippen LogP) is 1.81. The number of benzene rings is 1. The summed E-state index contributed by atoms with van der Waals surface area (Å²) < 4.78 is 10.6. The van der Waals surface area contributed by atoms with Gasteiger partial charge in [0.15, 0.2) is 11.5 Å². The predicted molar refractivity (Wildman–Crippen MR) is 46.5 cm³/mol. The van der Waals surface area contributed by atoms with Gasteiger partial charge in [0.25, 0.3) is 0 Å². The Labute approximate surface area is 73.8 Å². The van der Waals surface area contributed by atoms with Crippen molar-refractivity contribution in [3.8, 4) is 11.5 Å². The highest BCUT2D eigenvalue weighted by Crippen LogP contribution is 2.36. The van der Waals surface area contributed by atoms with Crippen LogP contribution in [0.5, 0.6) is 11.5 Å². The van der Waals surface area contributed by atoms with Gasteiger partial charge in [-0.15, -0.1) is 0 Å². The third-order valence-electron chi connectivity index (χ3n) is 1.97. The van der Waals surface area contributed by atoms with E-state index in [1.165, 1.54) is 12.5 Å². The maximum atomic E-state index is 5.32. The number of H-pyrrole nitrogens is 1. The highest BCUT2D eigenvalue weighted by molar-refractivity contribution is 5.87. The molecule has 1 aliphatic heterocycles. The lowest BCUT2D eigenvalue weighted by Gasteiger charge is -2.11. The molecule has 13 heavy (non-hydrogen) atoms. The molecule has 0 bridgehead atoms. The summed E-state index contributed by atoms with van der Waals surface area (Å²) >= 11 is 0. The van der Waals surface area contributed by atoms with E-state index in [-0.39, 0.29) is 0 Å². The van der Waals surface area contributed by atoms with E-state index in [1.54, 1.807) is 6.20 Å². The van der Waals surface area contributed by atoms with Crippen molar-refractivity contribution in [2.24, 2.45) is 0 Å². The number of fused-ring (bicyclic) bond motifs is 3. The van der Waals surface area contributed by atoms with Crippen molar-refractivity contribution >= 4 is 10.9 Å². The van der Waals surface area contributed by atoms with Gasteiger partial charge in [-0.25, -0.2) is 0 Å². The molecular formula is C9H6N2O2. The molecule has 0 saturated heterocycles. The lowest BCUT2D eigenvalue weighted by atomic mass is 10.2. The molecule has 0 aliphatic carbocycles. The van der Waals surface area contributed by atoms with Crippen LogP contribution < -0.4 is 9.47 Å². The molecule has 1 aromatic carbocycles. The van der Waals surface area contributed by atoms with E-state index in [4.69, 9.17) is 9.47 Å². The molecule has 4 nitrogen and oxygen atoms in total. The summed E-state index contributed by atoms with van der Waals surface area (Å²) in [6.45, 7) is 0. The molecule has 0 saturated carbocycles. The Balaban J connectivity index is 2.38. The Morgan fingerprint density at radius 3 is 3.08 bits per heavy atom. The van der Waals surface area contributed by atoms with Gasteiger partial charge < -0.3 is 9.47 Å². The molecule has 1 aromatic heterocycles. The fraction of sp³-hybridized carbons (Fsp3) is 0. The molecule has 1 aliphatic rings. The minimum atomic E-state index is 0.692. The first-order valence-electron chi connectivity index (χ1n) is 3.89. The van der Waals surface area contributed by atoms with Crippen molar-refractivity contribution in [2.45, 2.75) is 0 Å². The Hall–Kier alpha value is -1.97. The van der Waals surface area contributed by atoms with Gasteiger partial charge in [-0.05, 0) is 12.1 Å². The zero-order chi connectivity index (χ0) is 8.67. The van der Waals surface area contributed by atoms with Gasteiger partial charge in [0.2, 0.25) is 0 Å². The van der Waals surface area contributed by atoms with Crippen LogP contribution in [-0.4, -0.2) is 10.2 Å². The second-order valence-electron chi connectivity index (χ2n) is 2.73. The zero-order valence-electron chi connectivity index (χ0n) is 6.65. The van der Waals surface area contributed by atoms with Crippen LogP contribution in [-0.2, 0) is 0 Å². The Bertz CT molecular complexity index is 487. The summed E-state index contributed by atoms with van der Waals surface area (Å²) in [6, 6.07) is 3.79. The van der Waals surface area contributed by atoms with Gasteiger partial charge in [-0.3, -0.25) is 5.10 Å². The molecule has 0 radical (unpaired) electrons. The van der Waals surface area contributed by atoms with Gasteiger partial charge in [-0.2, -0.15) is 5.10 Å². The zero-order valence-corrected chi connectivity index (χ0v) is 6.65. The highest BCUT2D eigenvalue weighted by Gasteiger charge is 2.13. The first-order valence-corrected chi connectivity index (χ1v) is 3.89. The van der Waals surface area contributed by atoms with Gasteiger partial charge >= 0.3 is 0 Å². The second-order valence-corrected chi connectivity index (χ2v) is 2.73. The van der Waals surface area contributed by atoms with E-state index in [0.29, 0.717) is 11.5 Å². The molecular weight excluding hydrogens is 168 g/mol. The SMILES string of the molecule is C1=COc2c(ccc3cn[nH]c23)O1. The van der Waals surface area contributed by atoms with Crippen LogP contribution in [0, 0.1) is 0 Å². The summed E-state index contributed by atoms with van der Waals surface area (Å²) in [7, 11) is 0. The first-order chi connectivity index (χ1) is 6.45. The fourth-order valence-corrected chi connectivity index (χ4v) is 1.37. The van der Waals surface area contributed by atoms with E-state index >= 15 is 0 Å². The molecule has 2 aromatic rings. The number of hydrogen-bond acceptors (Lipinski definition) is 3. The van der Waals surface area contributed by atoms with Crippen molar-refractivity contribution in [1.29, 1.82) is 0 Å². The Morgan fingerprint density at radius 2 is 2.08 bits per heavy atom. The van der Waals surface area contributed by atoms with Crippen molar-refractivity contribution in [3.05, 3.63) is 30.9 Å². The number of hydrogen-bond donors (Lipinski definition) is 1. The number of ether oxygens (including phenoxy) is 2. The van der Waals surface area contributed by atoms with Crippen LogP contribution >= 0.6 is 0 Å². The summed E-state index contributed by atoms with van der Waals surface area (Å²) in [4.78, 5) is 0. The van der Waals surface area contributed by atoms with Gasteiger partial charge in [0.05, 0.1) is 6.20 Å². The monoisotopic (exact) mass is 174 g/mol. The minimum Gasteiger partial charge on any atom is -0.458 e. The Kier molecular flexibility index (Phi) is 1.14. The van der Waals surface area contributed by atoms with Crippen LogP contribution in [0.1, 0.15) is 0 Å². The molecule has 2 heterocycles.